The molecule has 0 amide bonds. The molecule has 0 aliphatic heterocycles. The van der Waals surface area contributed by atoms with Crippen LogP contribution in [0, 0.1) is 10.1 Å². The number of nitro benzene ring substituents is 1. The Morgan fingerprint density at radius 2 is 1.69 bits per heavy atom. The highest BCUT2D eigenvalue weighted by Gasteiger charge is 2.15. The van der Waals surface area contributed by atoms with Crippen molar-refractivity contribution in [1.82, 2.24) is 20.0 Å². The number of hydrogen-bond donors (Lipinski definition) is 0. The minimum Gasteiger partial charge on any atom is -0.258 e. The Bertz CT molecular complexity index is 1350. The van der Waals surface area contributed by atoms with Crippen molar-refractivity contribution < 1.29 is 4.92 Å². The van der Waals surface area contributed by atoms with Crippen LogP contribution in [0.1, 0.15) is 10.6 Å². The van der Waals surface area contributed by atoms with Gasteiger partial charge in [0, 0.05) is 12.1 Å². The second kappa shape index (κ2) is 6.92. The van der Waals surface area contributed by atoms with Crippen LogP contribution >= 0.6 is 11.3 Å². The first kappa shape index (κ1) is 17.2. The monoisotopic (exact) mass is 399 g/mol. The average molecular weight is 399 g/mol. The Morgan fingerprint density at radius 3 is 2.45 bits per heavy atom. The number of hydrogen-bond acceptors (Lipinski definition) is 6. The Balaban J connectivity index is 1.71. The van der Waals surface area contributed by atoms with Gasteiger partial charge in [-0.3, -0.25) is 10.1 Å². The second-order valence-electron chi connectivity index (χ2n) is 6.35. The van der Waals surface area contributed by atoms with Crippen molar-refractivity contribution >= 4 is 50.0 Å². The summed E-state index contributed by atoms with van der Waals surface area (Å²) in [6.07, 6.45) is 1.92. The van der Waals surface area contributed by atoms with Gasteiger partial charge >= 0.3 is 0 Å². The van der Waals surface area contributed by atoms with Crippen LogP contribution in [0.15, 0.2) is 72.8 Å². The molecule has 5 rings (SSSR count). The van der Waals surface area contributed by atoms with Gasteiger partial charge < -0.3 is 0 Å². The van der Waals surface area contributed by atoms with Crippen LogP contribution in [0.5, 0.6) is 0 Å². The van der Waals surface area contributed by atoms with Gasteiger partial charge in [0.05, 0.1) is 20.7 Å². The first-order chi connectivity index (χ1) is 14.2. The number of non-ortho nitro benzene ring substituents is 1. The lowest BCUT2D eigenvalue weighted by Gasteiger charge is -2.06. The first-order valence-corrected chi connectivity index (χ1v) is 9.63. The Morgan fingerprint density at radius 1 is 0.966 bits per heavy atom. The number of thiazole rings is 1. The van der Waals surface area contributed by atoms with E-state index in [2.05, 4.69) is 10.3 Å². The molecule has 0 aliphatic carbocycles. The van der Waals surface area contributed by atoms with Gasteiger partial charge in [0.15, 0.2) is 0 Å². The first-order valence-electron chi connectivity index (χ1n) is 8.82. The zero-order chi connectivity index (χ0) is 19.8. The van der Waals surface area contributed by atoms with E-state index < -0.39 is 4.92 Å². The predicted molar refractivity (Wildman–Crippen MR) is 114 cm³/mol. The lowest BCUT2D eigenvalue weighted by atomic mass is 10.1. The molecule has 8 heteroatoms. The smallest absolute Gasteiger partial charge is 0.258 e. The topological polar surface area (TPSA) is 86.7 Å². The third-order valence-electron chi connectivity index (χ3n) is 4.50. The van der Waals surface area contributed by atoms with Gasteiger partial charge in [0.25, 0.3) is 5.69 Å². The van der Waals surface area contributed by atoms with Gasteiger partial charge in [-0.05, 0) is 48.0 Å². The molecule has 0 N–H and O–H groups in total. The van der Waals surface area contributed by atoms with Crippen LogP contribution in [-0.2, 0) is 0 Å². The fourth-order valence-electron chi connectivity index (χ4n) is 3.09. The highest BCUT2D eigenvalue weighted by molar-refractivity contribution is 7.19. The van der Waals surface area contributed by atoms with Crippen LogP contribution < -0.4 is 0 Å². The molecule has 5 aromatic rings. The molecule has 0 atom stereocenters. The zero-order valence-corrected chi connectivity index (χ0v) is 15.8. The summed E-state index contributed by atoms with van der Waals surface area (Å²) < 4.78 is 2.83. The van der Waals surface area contributed by atoms with E-state index in [0.717, 1.165) is 37.5 Å². The summed E-state index contributed by atoms with van der Waals surface area (Å²) in [6, 6.07) is 22.0. The summed E-state index contributed by atoms with van der Waals surface area (Å²) >= 11 is 1.56. The molecule has 0 unspecified atom stereocenters. The predicted octanol–water partition coefficient (Wildman–Crippen LogP) is 5.00. The van der Waals surface area contributed by atoms with Crippen LogP contribution in [0.3, 0.4) is 0 Å². The molecule has 0 aliphatic rings. The Kier molecular flexibility index (Phi) is 4.10. The fraction of sp³-hybridized carbons (Fsp3) is 0. The van der Waals surface area contributed by atoms with Crippen molar-refractivity contribution in [3.05, 3.63) is 93.5 Å². The van der Waals surface area contributed by atoms with E-state index in [1.807, 2.05) is 54.6 Å². The highest BCUT2D eigenvalue weighted by atomic mass is 32.1. The van der Waals surface area contributed by atoms with Gasteiger partial charge in [-0.2, -0.15) is 0 Å². The van der Waals surface area contributed by atoms with E-state index in [0.29, 0.717) is 0 Å². The molecule has 0 radical (unpaired) electrons. The summed E-state index contributed by atoms with van der Waals surface area (Å²) in [5, 5.41) is 20.3. The maximum absolute atomic E-state index is 10.9. The van der Waals surface area contributed by atoms with E-state index in [9.17, 15) is 10.1 Å². The molecule has 0 saturated carbocycles. The summed E-state index contributed by atoms with van der Waals surface area (Å²) in [7, 11) is 0. The molecule has 3 aromatic carbocycles. The highest BCUT2D eigenvalue weighted by Crippen LogP contribution is 2.31. The minimum absolute atomic E-state index is 0.0508. The number of para-hydroxylation sites is 2. The van der Waals surface area contributed by atoms with Gasteiger partial charge in [-0.25, -0.2) is 9.67 Å². The molecule has 7 nitrogen and oxygen atoms in total. The maximum atomic E-state index is 10.9. The number of benzene rings is 3. The normalized spacial score (nSPS) is 11.9. The number of aromatic nitrogens is 4. The van der Waals surface area contributed by atoms with Crippen LogP contribution in [-0.4, -0.2) is 24.9 Å². The summed E-state index contributed by atoms with van der Waals surface area (Å²) in [5.74, 6) is 0. The van der Waals surface area contributed by atoms with Crippen molar-refractivity contribution in [1.29, 1.82) is 0 Å². The molecular weight excluding hydrogens is 386 g/mol. The lowest BCUT2D eigenvalue weighted by Crippen LogP contribution is -2.01. The third-order valence-corrected chi connectivity index (χ3v) is 5.56. The molecule has 29 heavy (non-hydrogen) atoms. The summed E-state index contributed by atoms with van der Waals surface area (Å²) in [6.45, 7) is 0. The molecule has 2 heterocycles. The second-order valence-corrected chi connectivity index (χ2v) is 7.39. The molecular formula is C21H13N5O2S. The zero-order valence-electron chi connectivity index (χ0n) is 15.0. The van der Waals surface area contributed by atoms with E-state index in [1.165, 1.54) is 12.1 Å². The van der Waals surface area contributed by atoms with Crippen molar-refractivity contribution in [2.24, 2.45) is 0 Å². The standard InChI is InChI=1S/C21H13N5O2S/c27-26(28)15-11-9-14(10-12-15)13-19(21-22-17-6-2-4-8-20(17)29-21)25-18-7-3-1-5-16(18)23-24-25/h1-13H. The summed E-state index contributed by atoms with van der Waals surface area (Å²) in [4.78, 5) is 15.3. The largest absolute Gasteiger partial charge is 0.269 e. The molecule has 0 fully saturated rings. The fourth-order valence-corrected chi connectivity index (χ4v) is 4.06. The van der Waals surface area contributed by atoms with Gasteiger partial charge in [0.1, 0.15) is 16.2 Å². The minimum atomic E-state index is -0.410. The molecule has 2 aromatic heterocycles. The van der Waals surface area contributed by atoms with E-state index in [4.69, 9.17) is 4.98 Å². The number of nitro groups is 1. The third kappa shape index (κ3) is 3.15. The van der Waals surface area contributed by atoms with Gasteiger partial charge in [-0.1, -0.05) is 29.5 Å². The molecule has 0 saturated heterocycles. The van der Waals surface area contributed by atoms with Crippen LogP contribution in [0.25, 0.3) is 33.0 Å². The van der Waals surface area contributed by atoms with Crippen LogP contribution in [0.2, 0.25) is 0 Å². The van der Waals surface area contributed by atoms with Crippen molar-refractivity contribution in [2.45, 2.75) is 0 Å². The van der Waals surface area contributed by atoms with Crippen molar-refractivity contribution in [3.63, 3.8) is 0 Å². The maximum Gasteiger partial charge on any atom is 0.269 e. The lowest BCUT2D eigenvalue weighted by molar-refractivity contribution is -0.384. The van der Waals surface area contributed by atoms with E-state index >= 15 is 0 Å². The van der Waals surface area contributed by atoms with Gasteiger partial charge in [-0.15, -0.1) is 16.4 Å². The van der Waals surface area contributed by atoms with Gasteiger partial charge in [0.2, 0.25) is 0 Å². The number of nitrogens with zero attached hydrogens (tertiary/aromatic N) is 5. The van der Waals surface area contributed by atoms with E-state index in [1.54, 1.807) is 28.2 Å². The quantitative estimate of drug-likeness (QED) is 0.314. The molecule has 0 spiro atoms. The van der Waals surface area contributed by atoms with Crippen molar-refractivity contribution in [3.8, 4) is 0 Å². The van der Waals surface area contributed by atoms with Crippen LogP contribution in [0.4, 0.5) is 5.69 Å². The molecule has 140 valence electrons. The van der Waals surface area contributed by atoms with E-state index in [-0.39, 0.29) is 5.69 Å². The average Bonchev–Trinajstić information content (AvgIpc) is 3.36. The number of rotatable bonds is 4. The SMILES string of the molecule is O=[N+]([O-])c1ccc(C=C(c2nc3ccccc3s2)n2nnc3ccccc32)cc1. The summed E-state index contributed by atoms with van der Waals surface area (Å²) in [5.41, 5.74) is 4.17. The number of fused-ring (bicyclic) bond motifs is 2. The Hall–Kier alpha value is -3.91. The molecule has 0 bridgehead atoms. The Labute approximate surface area is 168 Å². The van der Waals surface area contributed by atoms with Crippen molar-refractivity contribution in [2.75, 3.05) is 0 Å².